The molecular formula is C23H20Cl3N3O3S. The van der Waals surface area contributed by atoms with Crippen molar-refractivity contribution in [2.24, 2.45) is 5.10 Å². The summed E-state index contributed by atoms with van der Waals surface area (Å²) >= 11 is 18.2. The largest absolute Gasteiger partial charge is 0.271 e. The lowest BCUT2D eigenvalue weighted by Crippen LogP contribution is -2.40. The predicted octanol–water partition coefficient (Wildman–Crippen LogP) is 5.61. The first-order chi connectivity index (χ1) is 15.6. The average Bonchev–Trinajstić information content (AvgIpc) is 2.75. The number of sulfonamides is 1. The van der Waals surface area contributed by atoms with Crippen LogP contribution in [0.4, 0.5) is 5.69 Å². The minimum atomic E-state index is -4.06. The first-order valence-corrected chi connectivity index (χ1v) is 12.3. The van der Waals surface area contributed by atoms with Crippen LogP contribution >= 0.6 is 34.8 Å². The topological polar surface area (TPSA) is 78.8 Å². The summed E-state index contributed by atoms with van der Waals surface area (Å²) in [5.41, 5.74) is 4.59. The molecule has 0 saturated carbocycles. The number of aryl methyl sites for hydroxylation is 2. The van der Waals surface area contributed by atoms with Crippen molar-refractivity contribution in [2.45, 2.75) is 18.7 Å². The molecule has 0 radical (unpaired) electrons. The third kappa shape index (κ3) is 6.06. The predicted molar refractivity (Wildman–Crippen MR) is 134 cm³/mol. The van der Waals surface area contributed by atoms with E-state index in [0.717, 1.165) is 9.87 Å². The Bertz CT molecular complexity index is 1290. The monoisotopic (exact) mass is 523 g/mol. The van der Waals surface area contributed by atoms with E-state index in [1.807, 2.05) is 6.92 Å². The van der Waals surface area contributed by atoms with Crippen molar-refractivity contribution in [3.8, 4) is 0 Å². The Morgan fingerprint density at radius 2 is 1.64 bits per heavy atom. The lowest BCUT2D eigenvalue weighted by Gasteiger charge is -2.25. The lowest BCUT2D eigenvalue weighted by atomic mass is 10.2. The number of hydrogen-bond donors (Lipinski definition) is 1. The van der Waals surface area contributed by atoms with Gasteiger partial charge in [-0.25, -0.2) is 13.8 Å². The van der Waals surface area contributed by atoms with Crippen molar-refractivity contribution < 1.29 is 13.2 Å². The maximum Gasteiger partial charge on any atom is 0.264 e. The second-order valence-corrected chi connectivity index (χ2v) is 10.3. The highest BCUT2D eigenvalue weighted by Crippen LogP contribution is 2.29. The smallest absolute Gasteiger partial charge is 0.264 e. The normalized spacial score (nSPS) is 11.5. The van der Waals surface area contributed by atoms with Crippen molar-refractivity contribution in [2.75, 3.05) is 10.8 Å². The molecule has 0 aromatic heterocycles. The van der Waals surface area contributed by atoms with E-state index in [4.69, 9.17) is 34.8 Å². The molecule has 0 aliphatic rings. The van der Waals surface area contributed by atoms with Gasteiger partial charge in [0.15, 0.2) is 0 Å². The molecule has 0 unspecified atom stereocenters. The standard InChI is InChI=1S/C23H20Cl3N3O3S/c1-15-6-9-18(10-7-15)33(31,32)29(22-11-8-17(24)12-16(22)2)14-23(30)28-27-13-19-20(25)4-3-5-21(19)26/h3-13H,14H2,1-2H3,(H,28,30)/b27-13+. The molecule has 3 aromatic carbocycles. The van der Waals surface area contributed by atoms with Crippen molar-refractivity contribution in [1.82, 2.24) is 5.43 Å². The summed E-state index contributed by atoms with van der Waals surface area (Å²) in [5, 5.41) is 5.05. The van der Waals surface area contributed by atoms with E-state index in [9.17, 15) is 13.2 Å². The summed E-state index contributed by atoms with van der Waals surface area (Å²) in [6.45, 7) is 3.06. The zero-order valence-corrected chi connectivity index (χ0v) is 20.8. The van der Waals surface area contributed by atoms with Crippen LogP contribution in [-0.4, -0.2) is 27.1 Å². The lowest BCUT2D eigenvalue weighted by molar-refractivity contribution is -0.119. The average molecular weight is 525 g/mol. The summed E-state index contributed by atoms with van der Waals surface area (Å²) in [7, 11) is -4.06. The quantitative estimate of drug-likeness (QED) is 0.322. The van der Waals surface area contributed by atoms with Gasteiger partial charge in [-0.15, -0.1) is 0 Å². The van der Waals surface area contributed by atoms with Gasteiger partial charge in [0.1, 0.15) is 6.54 Å². The van der Waals surface area contributed by atoms with E-state index in [-0.39, 0.29) is 4.90 Å². The van der Waals surface area contributed by atoms with E-state index in [0.29, 0.717) is 31.9 Å². The molecule has 6 nitrogen and oxygen atoms in total. The number of carbonyl (C=O) groups excluding carboxylic acids is 1. The highest BCUT2D eigenvalue weighted by Gasteiger charge is 2.28. The van der Waals surface area contributed by atoms with Gasteiger partial charge < -0.3 is 0 Å². The number of anilines is 1. The van der Waals surface area contributed by atoms with Crippen LogP contribution in [0.5, 0.6) is 0 Å². The van der Waals surface area contributed by atoms with Crippen molar-refractivity contribution >= 4 is 62.6 Å². The Morgan fingerprint density at radius 1 is 1.00 bits per heavy atom. The Labute approximate surface area is 207 Å². The summed E-state index contributed by atoms with van der Waals surface area (Å²) in [4.78, 5) is 12.7. The van der Waals surface area contributed by atoms with E-state index in [1.165, 1.54) is 18.3 Å². The Balaban J connectivity index is 1.90. The van der Waals surface area contributed by atoms with Gasteiger partial charge in [0.25, 0.3) is 15.9 Å². The highest BCUT2D eigenvalue weighted by molar-refractivity contribution is 7.92. The van der Waals surface area contributed by atoms with E-state index < -0.39 is 22.5 Å². The SMILES string of the molecule is Cc1ccc(S(=O)(=O)N(CC(=O)N/N=C/c2c(Cl)cccc2Cl)c2ccc(Cl)cc2C)cc1. The van der Waals surface area contributed by atoms with E-state index in [2.05, 4.69) is 10.5 Å². The fourth-order valence-corrected chi connectivity index (χ4v) is 5.21. The molecule has 172 valence electrons. The third-order valence-electron chi connectivity index (χ3n) is 4.71. The fourth-order valence-electron chi connectivity index (χ4n) is 3.00. The minimum Gasteiger partial charge on any atom is -0.271 e. The molecule has 3 aromatic rings. The van der Waals surface area contributed by atoms with Gasteiger partial charge >= 0.3 is 0 Å². The van der Waals surface area contributed by atoms with Gasteiger partial charge in [0.05, 0.1) is 26.8 Å². The molecule has 0 heterocycles. The maximum atomic E-state index is 13.4. The first kappa shape index (κ1) is 25.1. The number of hydrazone groups is 1. The number of benzene rings is 3. The molecule has 0 aliphatic carbocycles. The zero-order chi connectivity index (χ0) is 24.2. The third-order valence-corrected chi connectivity index (χ3v) is 7.37. The summed E-state index contributed by atoms with van der Waals surface area (Å²) in [5.74, 6) is -0.653. The second kappa shape index (κ2) is 10.6. The van der Waals surface area contributed by atoms with E-state index >= 15 is 0 Å². The molecule has 10 heteroatoms. The molecule has 1 N–H and O–H groups in total. The Morgan fingerprint density at radius 3 is 2.24 bits per heavy atom. The van der Waals surface area contributed by atoms with Crippen LogP contribution in [0.15, 0.2) is 70.7 Å². The zero-order valence-electron chi connectivity index (χ0n) is 17.7. The number of nitrogens with one attached hydrogen (secondary N) is 1. The van der Waals surface area contributed by atoms with Crippen molar-refractivity contribution in [1.29, 1.82) is 0 Å². The molecule has 3 rings (SSSR count). The molecule has 0 atom stereocenters. The van der Waals surface area contributed by atoms with E-state index in [1.54, 1.807) is 55.5 Å². The van der Waals surface area contributed by atoms with Crippen LogP contribution < -0.4 is 9.73 Å². The van der Waals surface area contributed by atoms with Gasteiger partial charge in [0, 0.05) is 10.6 Å². The number of amides is 1. The first-order valence-electron chi connectivity index (χ1n) is 9.71. The van der Waals surface area contributed by atoms with Crippen molar-refractivity contribution in [3.05, 3.63) is 92.4 Å². The fraction of sp³-hybridized carbons (Fsp3) is 0.130. The molecular weight excluding hydrogens is 505 g/mol. The molecule has 0 bridgehead atoms. The second-order valence-electron chi connectivity index (χ2n) is 7.18. The molecule has 0 saturated heterocycles. The van der Waals surface area contributed by atoms with Crippen LogP contribution in [0.3, 0.4) is 0 Å². The van der Waals surface area contributed by atoms with Gasteiger partial charge in [0.2, 0.25) is 0 Å². The van der Waals surface area contributed by atoms with Crippen LogP contribution in [0.2, 0.25) is 15.1 Å². The number of carbonyl (C=O) groups is 1. The number of halogens is 3. The van der Waals surface area contributed by atoms with Crippen LogP contribution in [0.1, 0.15) is 16.7 Å². The van der Waals surface area contributed by atoms with Gasteiger partial charge in [-0.2, -0.15) is 5.10 Å². The number of nitrogens with zero attached hydrogens (tertiary/aromatic N) is 2. The molecule has 1 amide bonds. The molecule has 0 spiro atoms. The molecule has 0 aliphatic heterocycles. The molecule has 33 heavy (non-hydrogen) atoms. The summed E-state index contributed by atoms with van der Waals surface area (Å²) < 4.78 is 27.9. The minimum absolute atomic E-state index is 0.0570. The van der Waals surface area contributed by atoms with Crippen LogP contribution in [0.25, 0.3) is 0 Å². The summed E-state index contributed by atoms with van der Waals surface area (Å²) in [6.07, 6.45) is 1.30. The Hall–Kier alpha value is -2.58. The number of hydrogen-bond acceptors (Lipinski definition) is 4. The van der Waals surface area contributed by atoms with Crippen LogP contribution in [0, 0.1) is 13.8 Å². The van der Waals surface area contributed by atoms with Gasteiger partial charge in [-0.05, 0) is 61.9 Å². The molecule has 0 fully saturated rings. The summed E-state index contributed by atoms with van der Waals surface area (Å²) in [6, 6.07) is 16.1. The maximum absolute atomic E-state index is 13.4. The Kier molecular flexibility index (Phi) is 8.02. The van der Waals surface area contributed by atoms with Crippen molar-refractivity contribution in [3.63, 3.8) is 0 Å². The van der Waals surface area contributed by atoms with Crippen LogP contribution in [-0.2, 0) is 14.8 Å². The number of rotatable bonds is 7. The highest BCUT2D eigenvalue weighted by atomic mass is 35.5. The van der Waals surface area contributed by atoms with Gasteiger partial charge in [-0.3, -0.25) is 9.10 Å². The van der Waals surface area contributed by atoms with Gasteiger partial charge in [-0.1, -0.05) is 58.6 Å².